The van der Waals surface area contributed by atoms with Crippen LogP contribution in [0.3, 0.4) is 0 Å². The standard InChI is InChI=1S/C34H49FO10S/c1-22-18-27-26-6-4-23-19-25(37)8-10-31(23,2)33(26,35)28(38)20-32(27,3)34(22,41)29(39)21-45-30(40)7-5-24(36)9-11-42-12-13-43-14-15-44-16-17-46/h8,10,19,22,26-28,38,41,46H,4-7,9,11-18,20-21H2,1-3H3/t22-,26-,27-,28-,31-,32-,33-,34-/m0/s1. The van der Waals surface area contributed by atoms with Crippen molar-refractivity contribution in [3.63, 3.8) is 0 Å². The van der Waals surface area contributed by atoms with Gasteiger partial charge in [-0.25, -0.2) is 4.39 Å². The molecule has 0 heterocycles. The number of fused-ring (bicyclic) bond motifs is 5. The van der Waals surface area contributed by atoms with E-state index in [1.54, 1.807) is 26.8 Å². The summed E-state index contributed by atoms with van der Waals surface area (Å²) in [6.45, 7) is 6.85. The van der Waals surface area contributed by atoms with Crippen LogP contribution in [0.1, 0.15) is 65.7 Å². The number of aliphatic hydroxyl groups excluding tert-OH is 1. The smallest absolute Gasteiger partial charge is 0.306 e. The van der Waals surface area contributed by atoms with Gasteiger partial charge in [-0.1, -0.05) is 25.5 Å². The van der Waals surface area contributed by atoms with Crippen LogP contribution in [0, 0.1) is 28.6 Å². The van der Waals surface area contributed by atoms with E-state index < -0.39 is 64.3 Å². The summed E-state index contributed by atoms with van der Waals surface area (Å²) in [5, 5.41) is 23.5. The number of rotatable bonds is 17. The number of allylic oxidation sites excluding steroid dienone is 4. The third-order valence-corrected chi connectivity index (χ3v) is 11.3. The van der Waals surface area contributed by atoms with Gasteiger partial charge in [-0.3, -0.25) is 19.2 Å². The number of carbonyl (C=O) groups excluding carboxylic acids is 4. The number of aliphatic hydroxyl groups is 2. The molecule has 0 aromatic heterocycles. The Morgan fingerprint density at radius 1 is 1.00 bits per heavy atom. The SMILES string of the molecule is C[C@H]1C[C@H]2[C@@H]3CCC4=CC(=O)C=C[C@]4(C)[C@@]3(F)[C@@H](O)C[C@]2(C)[C@@]1(O)C(=O)COC(=O)CCC(=O)CCOCCOCCOCCS. The van der Waals surface area contributed by atoms with Gasteiger partial charge in [-0.2, -0.15) is 12.6 Å². The third kappa shape index (κ3) is 6.80. The number of hydrogen-bond donors (Lipinski definition) is 3. The Kier molecular flexibility index (Phi) is 12.1. The Labute approximate surface area is 275 Å². The van der Waals surface area contributed by atoms with Crippen molar-refractivity contribution >= 4 is 35.9 Å². The van der Waals surface area contributed by atoms with Crippen LogP contribution in [0.25, 0.3) is 0 Å². The molecule has 0 aromatic carbocycles. The topological polar surface area (TPSA) is 146 Å². The van der Waals surface area contributed by atoms with Gasteiger partial charge < -0.3 is 29.2 Å². The molecule has 0 aliphatic heterocycles. The molecule has 0 amide bonds. The summed E-state index contributed by atoms with van der Waals surface area (Å²) in [5.74, 6) is -2.83. The molecule has 3 fully saturated rings. The maximum Gasteiger partial charge on any atom is 0.306 e. The Morgan fingerprint density at radius 3 is 2.33 bits per heavy atom. The quantitative estimate of drug-likeness (QED) is 0.120. The van der Waals surface area contributed by atoms with Crippen LogP contribution < -0.4 is 0 Å². The third-order valence-electron chi connectivity index (χ3n) is 11.1. The van der Waals surface area contributed by atoms with E-state index in [1.165, 1.54) is 12.2 Å². The summed E-state index contributed by atoms with van der Waals surface area (Å²) in [6, 6.07) is 0. The molecule has 0 saturated heterocycles. The molecule has 4 aliphatic rings. The normalized spacial score (nSPS) is 36.4. The van der Waals surface area contributed by atoms with Gasteiger partial charge in [0.25, 0.3) is 0 Å². The summed E-state index contributed by atoms with van der Waals surface area (Å²) in [4.78, 5) is 50.3. The fourth-order valence-corrected chi connectivity index (χ4v) is 8.76. The Hall–Kier alpha value is -1.96. The Morgan fingerprint density at radius 2 is 1.65 bits per heavy atom. The lowest BCUT2D eigenvalue weighted by Crippen LogP contribution is -2.69. The summed E-state index contributed by atoms with van der Waals surface area (Å²) < 4.78 is 38.5. The summed E-state index contributed by atoms with van der Waals surface area (Å²) in [7, 11) is 0. The highest BCUT2D eigenvalue weighted by Gasteiger charge is 2.75. The molecule has 12 heteroatoms. The number of alkyl halides is 1. The van der Waals surface area contributed by atoms with Crippen molar-refractivity contribution in [2.24, 2.45) is 28.6 Å². The average molecular weight is 669 g/mol. The zero-order valence-electron chi connectivity index (χ0n) is 27.1. The fraction of sp³-hybridized carbons (Fsp3) is 0.765. The summed E-state index contributed by atoms with van der Waals surface area (Å²) in [6.07, 6.45) is 3.77. The predicted molar refractivity (Wildman–Crippen MR) is 169 cm³/mol. The first-order valence-electron chi connectivity index (χ1n) is 16.3. The number of ketones is 3. The van der Waals surface area contributed by atoms with E-state index in [2.05, 4.69) is 12.6 Å². The van der Waals surface area contributed by atoms with Gasteiger partial charge in [0.1, 0.15) is 11.4 Å². The molecule has 0 radical (unpaired) electrons. The highest BCUT2D eigenvalue weighted by molar-refractivity contribution is 7.80. The number of Topliss-reactive ketones (excluding diaryl/α,β-unsaturated/α-hetero) is 2. The molecule has 4 rings (SSSR count). The van der Waals surface area contributed by atoms with Gasteiger partial charge in [-0.05, 0) is 56.6 Å². The van der Waals surface area contributed by atoms with E-state index in [0.717, 1.165) is 0 Å². The second kappa shape index (κ2) is 15.1. The molecule has 0 bridgehead atoms. The van der Waals surface area contributed by atoms with Gasteiger partial charge in [0.05, 0.1) is 52.2 Å². The van der Waals surface area contributed by atoms with Crippen LogP contribution in [0.5, 0.6) is 0 Å². The molecule has 3 saturated carbocycles. The molecule has 258 valence electrons. The monoisotopic (exact) mass is 668 g/mol. The summed E-state index contributed by atoms with van der Waals surface area (Å²) in [5.41, 5.74) is -5.71. The largest absolute Gasteiger partial charge is 0.458 e. The molecule has 10 nitrogen and oxygen atoms in total. The average Bonchev–Trinajstić information content (AvgIpc) is 3.22. The summed E-state index contributed by atoms with van der Waals surface area (Å²) >= 11 is 4.05. The predicted octanol–water partition coefficient (Wildman–Crippen LogP) is 3.17. The van der Waals surface area contributed by atoms with E-state index >= 15 is 4.39 Å². The van der Waals surface area contributed by atoms with Gasteiger partial charge in [0.2, 0.25) is 5.78 Å². The molecule has 0 unspecified atom stereocenters. The van der Waals surface area contributed by atoms with Crippen LogP contribution in [0.15, 0.2) is 23.8 Å². The molecule has 0 aromatic rings. The molecular weight excluding hydrogens is 619 g/mol. The van der Waals surface area contributed by atoms with Gasteiger partial charge in [0.15, 0.2) is 18.1 Å². The number of carbonyl (C=O) groups is 4. The first-order chi connectivity index (χ1) is 21.8. The number of halogens is 1. The maximum absolute atomic E-state index is 17.3. The molecular formula is C34H49FO10S. The highest BCUT2D eigenvalue weighted by Crippen LogP contribution is 2.70. The van der Waals surface area contributed by atoms with E-state index in [0.29, 0.717) is 63.6 Å². The minimum absolute atomic E-state index is 0.0719. The minimum Gasteiger partial charge on any atom is -0.458 e. The molecule has 46 heavy (non-hydrogen) atoms. The maximum atomic E-state index is 17.3. The van der Waals surface area contributed by atoms with Crippen molar-refractivity contribution < 1.29 is 52.7 Å². The fourth-order valence-electron chi connectivity index (χ4n) is 8.63. The number of thiol groups is 1. The minimum atomic E-state index is -2.08. The van der Waals surface area contributed by atoms with E-state index in [-0.39, 0.29) is 43.9 Å². The lowest BCUT2D eigenvalue weighted by atomic mass is 9.44. The Balaban J connectivity index is 1.26. The first kappa shape index (κ1) is 36.9. The van der Waals surface area contributed by atoms with Crippen LogP contribution >= 0.6 is 12.6 Å². The van der Waals surface area contributed by atoms with Crippen LogP contribution in [0.4, 0.5) is 4.39 Å². The Bertz CT molecular complexity index is 1220. The van der Waals surface area contributed by atoms with Crippen molar-refractivity contribution in [3.05, 3.63) is 23.8 Å². The van der Waals surface area contributed by atoms with Gasteiger partial charge in [0, 0.05) is 35.3 Å². The number of ether oxygens (including phenoxy) is 4. The lowest BCUT2D eigenvalue weighted by molar-refractivity contribution is -0.220. The van der Waals surface area contributed by atoms with Crippen molar-refractivity contribution in [1.82, 2.24) is 0 Å². The van der Waals surface area contributed by atoms with E-state index in [9.17, 15) is 29.4 Å². The first-order valence-corrected chi connectivity index (χ1v) is 17.0. The van der Waals surface area contributed by atoms with Crippen LogP contribution in [-0.4, -0.2) is 103 Å². The highest BCUT2D eigenvalue weighted by atomic mass is 32.1. The molecule has 4 aliphatic carbocycles. The molecule has 2 N–H and O–H groups in total. The van der Waals surface area contributed by atoms with Gasteiger partial charge in [-0.15, -0.1) is 0 Å². The zero-order valence-corrected chi connectivity index (χ0v) is 28.0. The van der Waals surface area contributed by atoms with Crippen molar-refractivity contribution in [3.8, 4) is 0 Å². The van der Waals surface area contributed by atoms with Crippen LogP contribution in [0.2, 0.25) is 0 Å². The van der Waals surface area contributed by atoms with Crippen molar-refractivity contribution in [2.45, 2.75) is 83.1 Å². The van der Waals surface area contributed by atoms with Crippen molar-refractivity contribution in [2.75, 3.05) is 52.0 Å². The van der Waals surface area contributed by atoms with E-state index in [1.807, 2.05) is 0 Å². The second-order valence-corrected chi connectivity index (χ2v) is 14.0. The number of hydrogen-bond acceptors (Lipinski definition) is 11. The molecule has 0 spiro atoms. The second-order valence-electron chi connectivity index (χ2n) is 13.6. The zero-order chi connectivity index (χ0) is 33.8. The molecule has 8 atom stereocenters. The van der Waals surface area contributed by atoms with Crippen LogP contribution in [-0.2, 0) is 38.1 Å². The number of esters is 1. The van der Waals surface area contributed by atoms with E-state index in [4.69, 9.17) is 18.9 Å². The lowest BCUT2D eigenvalue weighted by Gasteiger charge is -2.62. The van der Waals surface area contributed by atoms with Gasteiger partial charge >= 0.3 is 5.97 Å². The van der Waals surface area contributed by atoms with Crippen molar-refractivity contribution in [1.29, 1.82) is 0 Å².